The molecule has 0 bridgehead atoms. The Kier molecular flexibility index (Phi) is 20.2. The first-order valence-corrected chi connectivity index (χ1v) is 23.4. The fraction of sp³-hybridized carbons (Fsp3) is 0.609. The van der Waals surface area contributed by atoms with Gasteiger partial charge in [-0.2, -0.15) is 0 Å². The highest BCUT2D eigenvalue weighted by Crippen LogP contribution is 2.37. The number of rotatable bonds is 21. The maximum atomic E-state index is 13.5. The number of ketones is 1. The van der Waals surface area contributed by atoms with Crippen LogP contribution < -0.4 is 0 Å². The van der Waals surface area contributed by atoms with E-state index in [1.54, 1.807) is 10.3 Å². The Labute approximate surface area is 405 Å². The number of hydrogen-bond acceptors (Lipinski definition) is 22. The van der Waals surface area contributed by atoms with Crippen LogP contribution in [0.4, 0.5) is 4.39 Å². The lowest BCUT2D eigenvalue weighted by atomic mass is 9.96. The van der Waals surface area contributed by atoms with Gasteiger partial charge in [-0.15, -0.1) is 11.3 Å². The summed E-state index contributed by atoms with van der Waals surface area (Å²) >= 11 is 1.28. The zero-order valence-electron chi connectivity index (χ0n) is 39.7. The van der Waals surface area contributed by atoms with Gasteiger partial charge in [-0.1, -0.05) is 6.42 Å². The highest BCUT2D eigenvalue weighted by molar-refractivity contribution is 7.10. The van der Waals surface area contributed by atoms with E-state index >= 15 is 0 Å². The van der Waals surface area contributed by atoms with Gasteiger partial charge in [0.25, 0.3) is 0 Å². The third-order valence-electron chi connectivity index (χ3n) is 10.9. The van der Waals surface area contributed by atoms with Gasteiger partial charge < -0.3 is 57.0 Å². The van der Waals surface area contributed by atoms with Crippen LogP contribution in [0, 0.1) is 5.82 Å². The molecule has 70 heavy (non-hydrogen) atoms. The van der Waals surface area contributed by atoms with E-state index < -0.39 is 122 Å². The highest BCUT2D eigenvalue weighted by Gasteiger charge is 2.57. The minimum atomic E-state index is -1.84. The van der Waals surface area contributed by atoms with E-state index in [1.165, 1.54) is 35.6 Å². The molecule has 384 valence electrons. The summed E-state index contributed by atoms with van der Waals surface area (Å²) in [6, 6.07) is 4.88. The SMILES string of the molecule is CC(=O)OC[C@H]1O[C@@H](O[C@H]2[C@H](OC(C)=O)[C@@H](OC(C)=O)[C@H](OCCCCCC(=O)N3CCC[C@H]3c3nc(C(=O)c4ccc(F)cc4)cs3)O[C@@H]2COC(C)=O)[C@H](OC(C)=O)[C@@H](OC(C)=O)[C@H]1OC(C)=O. The topological polar surface area (TPSA) is 271 Å². The summed E-state index contributed by atoms with van der Waals surface area (Å²) in [4.78, 5) is 119. The lowest BCUT2D eigenvalue weighted by molar-refractivity contribution is -0.361. The average Bonchev–Trinajstić information content (AvgIpc) is 3.97. The van der Waals surface area contributed by atoms with Gasteiger partial charge in [-0.3, -0.25) is 43.2 Å². The summed E-state index contributed by atoms with van der Waals surface area (Å²) in [6.07, 6.45) is -13.0. The van der Waals surface area contributed by atoms with E-state index in [0.29, 0.717) is 42.8 Å². The molecule has 5 rings (SSSR count). The Morgan fingerprint density at radius 2 is 1.16 bits per heavy atom. The minimum absolute atomic E-state index is 0.0365. The zero-order chi connectivity index (χ0) is 51.2. The maximum absolute atomic E-state index is 13.5. The Bertz CT molecular complexity index is 2200. The molecule has 0 radical (unpaired) electrons. The molecule has 0 N–H and O–H groups in total. The molecule has 3 aliphatic rings. The molecule has 3 fully saturated rings. The molecule has 0 saturated carbocycles. The van der Waals surface area contributed by atoms with Crippen LogP contribution >= 0.6 is 11.3 Å². The minimum Gasteiger partial charge on any atom is -0.463 e. The van der Waals surface area contributed by atoms with Crippen LogP contribution in [0.1, 0.15) is 114 Å². The van der Waals surface area contributed by atoms with Gasteiger partial charge in [0.05, 0.1) is 6.04 Å². The van der Waals surface area contributed by atoms with E-state index in [2.05, 4.69) is 4.98 Å². The second kappa shape index (κ2) is 25.8. The molecule has 0 unspecified atom stereocenters. The van der Waals surface area contributed by atoms with Crippen molar-refractivity contribution < 1.29 is 99.6 Å². The van der Waals surface area contributed by atoms with Crippen LogP contribution in [0.15, 0.2) is 29.6 Å². The van der Waals surface area contributed by atoms with Crippen LogP contribution in [-0.2, 0) is 90.5 Å². The van der Waals surface area contributed by atoms with Crippen molar-refractivity contribution in [2.24, 2.45) is 0 Å². The molecule has 3 saturated heterocycles. The summed E-state index contributed by atoms with van der Waals surface area (Å²) < 4.78 is 76.5. The number of thiazole rings is 1. The maximum Gasteiger partial charge on any atom is 0.303 e. The summed E-state index contributed by atoms with van der Waals surface area (Å²) in [5, 5.41) is 2.26. The molecule has 1 aromatic carbocycles. The predicted octanol–water partition coefficient (Wildman–Crippen LogP) is 3.37. The van der Waals surface area contributed by atoms with E-state index in [9.17, 15) is 47.5 Å². The number of halogens is 1. The largest absolute Gasteiger partial charge is 0.463 e. The molecule has 11 atom stereocenters. The number of aromatic nitrogens is 1. The molecule has 2 aromatic rings. The molecule has 1 amide bonds. The van der Waals surface area contributed by atoms with E-state index in [4.69, 9.17) is 52.1 Å². The molecular weight excluding hydrogens is 952 g/mol. The second-order valence-electron chi connectivity index (χ2n) is 16.5. The van der Waals surface area contributed by atoms with Crippen LogP contribution in [0.25, 0.3) is 0 Å². The lowest BCUT2D eigenvalue weighted by Gasteiger charge is -2.48. The molecule has 1 aromatic heterocycles. The van der Waals surface area contributed by atoms with Crippen molar-refractivity contribution in [3.8, 4) is 0 Å². The van der Waals surface area contributed by atoms with Crippen molar-refractivity contribution in [3.05, 3.63) is 51.7 Å². The molecule has 22 nitrogen and oxygen atoms in total. The first-order chi connectivity index (χ1) is 33.2. The van der Waals surface area contributed by atoms with Crippen LogP contribution in [0.2, 0.25) is 0 Å². The second-order valence-corrected chi connectivity index (χ2v) is 17.4. The first kappa shape index (κ1) is 55.0. The van der Waals surface area contributed by atoms with Crippen LogP contribution in [-0.4, -0.2) is 151 Å². The van der Waals surface area contributed by atoms with Crippen molar-refractivity contribution in [1.29, 1.82) is 0 Å². The van der Waals surface area contributed by atoms with Crippen LogP contribution in [0.5, 0.6) is 0 Å². The van der Waals surface area contributed by atoms with E-state index in [0.717, 1.165) is 54.9 Å². The smallest absolute Gasteiger partial charge is 0.303 e. The number of hydrogen-bond donors (Lipinski definition) is 0. The monoisotopic (exact) mass is 1010 g/mol. The number of amides is 1. The predicted molar refractivity (Wildman–Crippen MR) is 233 cm³/mol. The average molecular weight is 1010 g/mol. The van der Waals surface area contributed by atoms with Gasteiger partial charge in [-0.25, -0.2) is 9.37 Å². The number of ether oxygens (including phenoxy) is 11. The summed E-state index contributed by atoms with van der Waals surface area (Å²) in [7, 11) is 0. The Hall–Kier alpha value is -5.95. The quantitative estimate of drug-likeness (QED) is 0.0750. The third kappa shape index (κ3) is 15.5. The number of nitrogens with zero attached hydrogens (tertiary/aromatic N) is 2. The molecule has 0 spiro atoms. The molecule has 4 heterocycles. The highest BCUT2D eigenvalue weighted by atomic mass is 32.1. The number of benzene rings is 1. The van der Waals surface area contributed by atoms with Gasteiger partial charge in [0, 0.05) is 79.0 Å². The first-order valence-electron chi connectivity index (χ1n) is 22.5. The number of esters is 7. The molecule has 0 aliphatic carbocycles. The van der Waals surface area contributed by atoms with Gasteiger partial charge in [-0.05, 0) is 49.9 Å². The van der Waals surface area contributed by atoms with Crippen molar-refractivity contribution in [2.75, 3.05) is 26.4 Å². The van der Waals surface area contributed by atoms with Crippen molar-refractivity contribution >= 4 is 64.8 Å². The lowest BCUT2D eigenvalue weighted by Crippen LogP contribution is -2.67. The van der Waals surface area contributed by atoms with Gasteiger partial charge in [0.2, 0.25) is 11.7 Å². The van der Waals surface area contributed by atoms with Gasteiger partial charge >= 0.3 is 41.8 Å². The summed E-state index contributed by atoms with van der Waals surface area (Å²) in [5.74, 6) is -6.94. The number of carbonyl (C=O) groups is 9. The van der Waals surface area contributed by atoms with Crippen molar-refractivity contribution in [1.82, 2.24) is 9.88 Å². The Morgan fingerprint density at radius 3 is 1.73 bits per heavy atom. The Morgan fingerprint density at radius 1 is 0.643 bits per heavy atom. The van der Waals surface area contributed by atoms with E-state index in [1.807, 2.05) is 0 Å². The summed E-state index contributed by atoms with van der Waals surface area (Å²) in [6.45, 7) is 6.73. The van der Waals surface area contributed by atoms with Gasteiger partial charge in [0.1, 0.15) is 48.0 Å². The molecule has 3 aliphatic heterocycles. The zero-order valence-corrected chi connectivity index (χ0v) is 40.5. The van der Waals surface area contributed by atoms with Gasteiger partial charge in [0.15, 0.2) is 43.1 Å². The fourth-order valence-corrected chi connectivity index (χ4v) is 9.07. The fourth-order valence-electron chi connectivity index (χ4n) is 8.12. The normalized spacial score (nSPS) is 26.3. The number of carbonyl (C=O) groups excluding carboxylic acids is 9. The number of likely N-dealkylation sites (tertiary alicyclic amines) is 1. The molecule has 24 heteroatoms. The molecular formula is C46H57FN2O20S. The Balaban J connectivity index is 1.30. The summed E-state index contributed by atoms with van der Waals surface area (Å²) in [5.41, 5.74) is 0.511. The number of unbranched alkanes of at least 4 members (excludes halogenated alkanes) is 2. The third-order valence-corrected chi connectivity index (χ3v) is 11.9. The van der Waals surface area contributed by atoms with Crippen molar-refractivity contribution in [2.45, 2.75) is 154 Å². The van der Waals surface area contributed by atoms with Crippen LogP contribution in [0.3, 0.4) is 0 Å². The van der Waals surface area contributed by atoms with E-state index in [-0.39, 0.29) is 36.5 Å². The van der Waals surface area contributed by atoms with Crippen molar-refractivity contribution in [3.63, 3.8) is 0 Å². The standard InChI is InChI=1S/C46H57FN2O20S/c1-23(50)60-20-34-38(62-25(3)52)40(63-26(4)53)43(66-29(7)56)46(68-34)69-39-35(21-61-24(2)51)67-45(42(65-28(6)55)41(39)64-27(5)54)59-19-10-8-9-13-36(57)49-18-11-12-33(49)44-48-32(22-70-44)37(58)30-14-16-31(47)17-15-30/h14-17,22,33-35,38-43,45-46H,8-13,18-21H2,1-7H3/t33-,34+,35+,38-,39+,40-,41-,42+,43+,45+,46-/m0/s1.